The van der Waals surface area contributed by atoms with Gasteiger partial charge in [0.2, 0.25) is 0 Å². The Morgan fingerprint density at radius 2 is 2.21 bits per heavy atom. The number of nitrogens with two attached hydrogens (primary N) is 1. The zero-order valence-corrected chi connectivity index (χ0v) is 12.6. The first kappa shape index (κ1) is 14.9. The number of hydrogen-bond donors (Lipinski definition) is 2. The fraction of sp³-hybridized carbons (Fsp3) is 0.625. The Bertz CT molecular complexity index is 409. The van der Waals surface area contributed by atoms with E-state index in [0.29, 0.717) is 12.5 Å². The van der Waals surface area contributed by atoms with E-state index in [1.54, 1.807) is 0 Å². The summed E-state index contributed by atoms with van der Waals surface area (Å²) in [5.41, 5.74) is 7.93. The summed E-state index contributed by atoms with van der Waals surface area (Å²) in [7, 11) is 0. The Balaban J connectivity index is 1.74. The average molecular weight is 279 g/mol. The van der Waals surface area contributed by atoms with Gasteiger partial charge in [0.05, 0.1) is 5.60 Å². The minimum absolute atomic E-state index is 0.405. The molecule has 1 saturated carbocycles. The van der Waals surface area contributed by atoms with Gasteiger partial charge in [-0.25, -0.2) is 0 Å². The molecule has 0 amide bonds. The second-order valence-electron chi connectivity index (χ2n) is 5.66. The van der Waals surface area contributed by atoms with Crippen LogP contribution in [0.1, 0.15) is 36.8 Å². The lowest BCUT2D eigenvalue weighted by Crippen LogP contribution is -2.41. The molecule has 1 fully saturated rings. The van der Waals surface area contributed by atoms with Crippen molar-refractivity contribution in [2.75, 3.05) is 12.3 Å². The van der Waals surface area contributed by atoms with Crippen LogP contribution < -0.4 is 5.73 Å². The van der Waals surface area contributed by atoms with Gasteiger partial charge in [0, 0.05) is 12.3 Å². The Labute approximate surface area is 120 Å². The van der Waals surface area contributed by atoms with Gasteiger partial charge in [0.15, 0.2) is 0 Å². The molecule has 0 aromatic heterocycles. The number of hydrogen-bond acceptors (Lipinski definition) is 3. The van der Waals surface area contributed by atoms with E-state index >= 15 is 0 Å². The molecular formula is C16H25NOS. The minimum atomic E-state index is -0.580. The van der Waals surface area contributed by atoms with Crippen LogP contribution >= 0.6 is 11.8 Å². The van der Waals surface area contributed by atoms with Crippen LogP contribution in [0.4, 0.5) is 0 Å². The monoisotopic (exact) mass is 279 g/mol. The lowest BCUT2D eigenvalue weighted by atomic mass is 9.89. The maximum Gasteiger partial charge on any atom is 0.0797 e. The third-order valence-corrected chi connectivity index (χ3v) is 5.44. The maximum atomic E-state index is 10.4. The highest BCUT2D eigenvalue weighted by atomic mass is 32.2. The van der Waals surface area contributed by atoms with Crippen molar-refractivity contribution >= 4 is 11.8 Å². The molecule has 3 N–H and O–H groups in total. The first-order chi connectivity index (χ1) is 9.15. The fourth-order valence-corrected chi connectivity index (χ4v) is 4.13. The summed E-state index contributed by atoms with van der Waals surface area (Å²) in [6, 6.07) is 8.56. The van der Waals surface area contributed by atoms with Gasteiger partial charge in [-0.3, -0.25) is 0 Å². The van der Waals surface area contributed by atoms with Crippen molar-refractivity contribution in [2.45, 2.75) is 44.0 Å². The van der Waals surface area contributed by atoms with Crippen LogP contribution in [-0.4, -0.2) is 23.0 Å². The van der Waals surface area contributed by atoms with Crippen molar-refractivity contribution in [1.29, 1.82) is 0 Å². The molecule has 2 unspecified atom stereocenters. The fourth-order valence-electron chi connectivity index (χ4n) is 2.99. The summed E-state index contributed by atoms with van der Waals surface area (Å²) in [6.45, 7) is 2.58. The van der Waals surface area contributed by atoms with Gasteiger partial charge in [-0.1, -0.05) is 30.7 Å². The molecule has 1 aliphatic carbocycles. The lowest BCUT2D eigenvalue weighted by Gasteiger charge is -2.28. The van der Waals surface area contributed by atoms with Gasteiger partial charge in [0.1, 0.15) is 0 Å². The van der Waals surface area contributed by atoms with Gasteiger partial charge >= 0.3 is 0 Å². The number of aryl methyl sites for hydroxylation is 1. The Kier molecular flexibility index (Phi) is 5.31. The van der Waals surface area contributed by atoms with E-state index in [2.05, 4.69) is 31.2 Å². The molecule has 0 bridgehead atoms. The van der Waals surface area contributed by atoms with Gasteiger partial charge in [0.25, 0.3) is 0 Å². The van der Waals surface area contributed by atoms with Gasteiger partial charge < -0.3 is 10.8 Å². The smallest absolute Gasteiger partial charge is 0.0797 e. The van der Waals surface area contributed by atoms with Crippen LogP contribution in [0.2, 0.25) is 0 Å². The van der Waals surface area contributed by atoms with Crippen LogP contribution in [-0.2, 0) is 5.75 Å². The molecule has 3 heteroatoms. The third kappa shape index (κ3) is 3.74. The summed E-state index contributed by atoms with van der Waals surface area (Å²) < 4.78 is 0. The molecular weight excluding hydrogens is 254 g/mol. The molecule has 0 saturated heterocycles. The highest BCUT2D eigenvalue weighted by molar-refractivity contribution is 7.98. The highest BCUT2D eigenvalue weighted by Gasteiger charge is 2.39. The number of thioether (sulfide) groups is 1. The third-order valence-electron chi connectivity index (χ3n) is 4.41. The average Bonchev–Trinajstić information content (AvgIpc) is 2.79. The maximum absolute atomic E-state index is 10.4. The second kappa shape index (κ2) is 6.78. The SMILES string of the molecule is Cc1ccccc1CSCCC1CCCC1(O)CN. The van der Waals surface area contributed by atoms with E-state index < -0.39 is 5.60 Å². The van der Waals surface area contributed by atoms with Gasteiger partial charge in [-0.05, 0) is 49.0 Å². The molecule has 19 heavy (non-hydrogen) atoms. The molecule has 1 aliphatic rings. The molecule has 0 radical (unpaired) electrons. The molecule has 0 aliphatic heterocycles. The van der Waals surface area contributed by atoms with Crippen molar-refractivity contribution in [3.05, 3.63) is 35.4 Å². The van der Waals surface area contributed by atoms with Crippen LogP contribution in [0, 0.1) is 12.8 Å². The van der Waals surface area contributed by atoms with E-state index in [-0.39, 0.29) is 0 Å². The molecule has 0 heterocycles. The number of benzene rings is 1. The molecule has 1 aromatic rings. The van der Waals surface area contributed by atoms with E-state index in [4.69, 9.17) is 5.73 Å². The lowest BCUT2D eigenvalue weighted by molar-refractivity contribution is 0.0104. The summed E-state index contributed by atoms with van der Waals surface area (Å²) in [6.07, 6.45) is 4.24. The quantitative estimate of drug-likeness (QED) is 0.787. The predicted molar refractivity (Wildman–Crippen MR) is 83.3 cm³/mol. The minimum Gasteiger partial charge on any atom is -0.388 e. The number of rotatable bonds is 6. The molecule has 1 aromatic carbocycles. The first-order valence-electron chi connectivity index (χ1n) is 7.20. The van der Waals surface area contributed by atoms with E-state index in [1.165, 1.54) is 11.1 Å². The predicted octanol–water partition coefficient (Wildman–Crippen LogP) is 3.11. The summed E-state index contributed by atoms with van der Waals surface area (Å²) >= 11 is 1.97. The normalized spacial score (nSPS) is 26.8. The van der Waals surface area contributed by atoms with Crippen LogP contribution in [0.5, 0.6) is 0 Å². The van der Waals surface area contributed by atoms with E-state index in [9.17, 15) is 5.11 Å². The Morgan fingerprint density at radius 3 is 2.95 bits per heavy atom. The van der Waals surface area contributed by atoms with Gasteiger partial charge in [-0.15, -0.1) is 0 Å². The van der Waals surface area contributed by atoms with Crippen molar-refractivity contribution in [1.82, 2.24) is 0 Å². The standard InChI is InChI=1S/C16H25NOS/c1-13-5-2-3-6-14(13)11-19-10-8-15-7-4-9-16(15,18)12-17/h2-3,5-6,15,18H,4,7-12,17H2,1H3. The highest BCUT2D eigenvalue weighted by Crippen LogP contribution is 2.38. The van der Waals surface area contributed by atoms with Crippen molar-refractivity contribution < 1.29 is 5.11 Å². The molecule has 0 spiro atoms. The number of aliphatic hydroxyl groups is 1. The topological polar surface area (TPSA) is 46.2 Å². The van der Waals surface area contributed by atoms with Gasteiger partial charge in [-0.2, -0.15) is 11.8 Å². The summed E-state index contributed by atoms with van der Waals surface area (Å²) in [5, 5.41) is 10.4. The van der Waals surface area contributed by atoms with Crippen LogP contribution in [0.25, 0.3) is 0 Å². The van der Waals surface area contributed by atoms with Crippen LogP contribution in [0.3, 0.4) is 0 Å². The second-order valence-corrected chi connectivity index (χ2v) is 6.77. The summed E-state index contributed by atoms with van der Waals surface area (Å²) in [5.74, 6) is 2.59. The Morgan fingerprint density at radius 1 is 1.42 bits per heavy atom. The van der Waals surface area contributed by atoms with Crippen molar-refractivity contribution in [2.24, 2.45) is 11.7 Å². The largest absolute Gasteiger partial charge is 0.388 e. The van der Waals surface area contributed by atoms with E-state index in [1.807, 2.05) is 11.8 Å². The van der Waals surface area contributed by atoms with Crippen molar-refractivity contribution in [3.63, 3.8) is 0 Å². The molecule has 2 atom stereocenters. The van der Waals surface area contributed by atoms with Crippen molar-refractivity contribution in [3.8, 4) is 0 Å². The first-order valence-corrected chi connectivity index (χ1v) is 8.36. The zero-order chi connectivity index (χ0) is 13.7. The summed E-state index contributed by atoms with van der Waals surface area (Å²) in [4.78, 5) is 0. The Hall–Kier alpha value is -0.510. The molecule has 2 rings (SSSR count). The van der Waals surface area contributed by atoms with Crippen LogP contribution in [0.15, 0.2) is 24.3 Å². The molecule has 106 valence electrons. The van der Waals surface area contributed by atoms with E-state index in [0.717, 1.165) is 37.2 Å². The zero-order valence-electron chi connectivity index (χ0n) is 11.8. The molecule has 2 nitrogen and oxygen atoms in total.